The van der Waals surface area contributed by atoms with Crippen molar-refractivity contribution in [2.45, 2.75) is 42.8 Å². The number of likely N-dealkylation sites (tertiary alicyclic amines) is 1. The van der Waals surface area contributed by atoms with Crippen molar-refractivity contribution in [3.05, 3.63) is 29.1 Å². The summed E-state index contributed by atoms with van der Waals surface area (Å²) in [7, 11) is -3.40. The molecule has 29 heavy (non-hydrogen) atoms. The molecule has 2 heterocycles. The van der Waals surface area contributed by atoms with E-state index in [9.17, 15) is 17.6 Å². The molecule has 8 nitrogen and oxygen atoms in total. The van der Waals surface area contributed by atoms with Crippen LogP contribution >= 0.6 is 11.6 Å². The van der Waals surface area contributed by atoms with E-state index in [1.807, 2.05) is 0 Å². The zero-order valence-corrected chi connectivity index (χ0v) is 17.6. The summed E-state index contributed by atoms with van der Waals surface area (Å²) in [6, 6.07) is 3.29. The van der Waals surface area contributed by atoms with Gasteiger partial charge < -0.3 is 15.2 Å². The van der Waals surface area contributed by atoms with E-state index < -0.39 is 28.0 Å². The largest absolute Gasteiger partial charge is 0.341 e. The van der Waals surface area contributed by atoms with E-state index in [0.717, 1.165) is 6.26 Å². The Labute approximate surface area is 173 Å². The number of carbonyl (C=O) groups is 1. The second-order valence-corrected chi connectivity index (χ2v) is 9.61. The summed E-state index contributed by atoms with van der Waals surface area (Å²) in [5, 5.41) is 4.03. The quantitative estimate of drug-likeness (QED) is 0.750. The van der Waals surface area contributed by atoms with Gasteiger partial charge in [-0.2, -0.15) is 4.98 Å². The van der Waals surface area contributed by atoms with E-state index in [1.54, 1.807) is 11.8 Å². The first-order valence-corrected chi connectivity index (χ1v) is 11.4. The van der Waals surface area contributed by atoms with Gasteiger partial charge in [-0.15, -0.1) is 0 Å². The van der Waals surface area contributed by atoms with Crippen molar-refractivity contribution in [3.8, 4) is 11.4 Å². The Morgan fingerprint density at radius 3 is 2.62 bits per heavy atom. The fourth-order valence-corrected chi connectivity index (χ4v) is 4.06. The minimum atomic E-state index is -3.40. The number of carbonyl (C=O) groups excluding carboxylic acids is 1. The summed E-state index contributed by atoms with van der Waals surface area (Å²) in [5.74, 6) is -0.542. The third-order valence-corrected chi connectivity index (χ3v) is 6.42. The molecule has 11 heteroatoms. The molecule has 1 aromatic heterocycles. The maximum atomic E-state index is 13.3. The minimum Gasteiger partial charge on any atom is -0.341 e. The number of benzene rings is 1. The van der Waals surface area contributed by atoms with E-state index in [2.05, 4.69) is 10.1 Å². The fourth-order valence-electron chi connectivity index (χ4n) is 3.08. The number of nitrogens with two attached hydrogens (primary N) is 1. The van der Waals surface area contributed by atoms with Gasteiger partial charge in [-0.3, -0.25) is 4.79 Å². The third kappa shape index (κ3) is 4.76. The highest BCUT2D eigenvalue weighted by Gasteiger charge is 2.32. The third-order valence-electron chi connectivity index (χ3n) is 5.00. The van der Waals surface area contributed by atoms with Gasteiger partial charge in [-0.1, -0.05) is 23.7 Å². The summed E-state index contributed by atoms with van der Waals surface area (Å²) in [6.45, 7) is 2.35. The van der Waals surface area contributed by atoms with Gasteiger partial charge in [0.25, 0.3) is 0 Å². The SMILES string of the molecule is C[C@H](c1nc(-c2ccc(S(C)(=O)=O)cc2Cl)no1)[C@H](N)C(=O)N1CCC(F)CC1. The molecule has 1 amide bonds. The van der Waals surface area contributed by atoms with Gasteiger partial charge in [0.05, 0.1) is 21.9 Å². The molecule has 0 bridgehead atoms. The first-order chi connectivity index (χ1) is 13.6. The lowest BCUT2D eigenvalue weighted by Crippen LogP contribution is -2.49. The molecule has 0 aliphatic carbocycles. The number of amides is 1. The minimum absolute atomic E-state index is 0.0769. The molecule has 2 N–H and O–H groups in total. The molecule has 0 unspecified atom stereocenters. The second-order valence-electron chi connectivity index (χ2n) is 7.18. The predicted molar refractivity (Wildman–Crippen MR) is 105 cm³/mol. The van der Waals surface area contributed by atoms with E-state index in [1.165, 1.54) is 18.2 Å². The number of alkyl halides is 1. The molecule has 3 rings (SSSR count). The van der Waals surface area contributed by atoms with Gasteiger partial charge in [-0.05, 0) is 31.0 Å². The molecule has 0 saturated carbocycles. The van der Waals surface area contributed by atoms with Crippen LogP contribution in [0.25, 0.3) is 11.4 Å². The zero-order chi connectivity index (χ0) is 21.3. The average Bonchev–Trinajstić information content (AvgIpc) is 3.16. The highest BCUT2D eigenvalue weighted by Crippen LogP contribution is 2.30. The Morgan fingerprint density at radius 1 is 1.38 bits per heavy atom. The van der Waals surface area contributed by atoms with Crippen LogP contribution in [0, 0.1) is 0 Å². The maximum absolute atomic E-state index is 13.3. The summed E-state index contributed by atoms with van der Waals surface area (Å²) in [5.41, 5.74) is 6.49. The molecule has 2 aromatic rings. The van der Waals surface area contributed by atoms with Gasteiger partial charge in [0.15, 0.2) is 9.84 Å². The molecular formula is C18H22ClFN4O4S. The molecular weight excluding hydrogens is 423 g/mol. The van der Waals surface area contributed by atoms with Crippen LogP contribution in [0.1, 0.15) is 31.6 Å². The van der Waals surface area contributed by atoms with E-state index in [4.69, 9.17) is 21.9 Å². The molecule has 1 fully saturated rings. The lowest BCUT2D eigenvalue weighted by Gasteiger charge is -2.31. The number of halogens is 2. The van der Waals surface area contributed by atoms with Crippen molar-refractivity contribution in [2.75, 3.05) is 19.3 Å². The standard InChI is InChI=1S/C18H22ClFN4O4S/c1-10(15(21)18(25)24-7-5-11(20)6-8-24)17-22-16(23-28-17)13-4-3-12(9-14(13)19)29(2,26)27/h3-4,9-11,15H,5-8,21H2,1-2H3/t10-,15-/m0/s1. The van der Waals surface area contributed by atoms with Crippen LogP contribution in [-0.2, 0) is 14.6 Å². The summed E-state index contributed by atoms with van der Waals surface area (Å²) < 4.78 is 41.8. The van der Waals surface area contributed by atoms with Crippen molar-refractivity contribution in [1.82, 2.24) is 15.0 Å². The average molecular weight is 445 g/mol. The molecule has 0 spiro atoms. The first-order valence-electron chi connectivity index (χ1n) is 9.10. The van der Waals surface area contributed by atoms with E-state index in [-0.39, 0.29) is 27.5 Å². The maximum Gasteiger partial charge on any atom is 0.240 e. The Morgan fingerprint density at radius 2 is 2.03 bits per heavy atom. The molecule has 158 valence electrons. The van der Waals surface area contributed by atoms with Gasteiger partial charge in [0.2, 0.25) is 17.6 Å². The number of rotatable bonds is 5. The Balaban J connectivity index is 1.76. The Hall–Kier alpha value is -2.04. The van der Waals surface area contributed by atoms with E-state index in [0.29, 0.717) is 31.5 Å². The van der Waals surface area contributed by atoms with Crippen molar-refractivity contribution in [2.24, 2.45) is 5.73 Å². The van der Waals surface area contributed by atoms with Gasteiger partial charge in [-0.25, -0.2) is 12.8 Å². The monoisotopic (exact) mass is 444 g/mol. The van der Waals surface area contributed by atoms with Gasteiger partial charge in [0.1, 0.15) is 6.17 Å². The van der Waals surface area contributed by atoms with Crippen LogP contribution < -0.4 is 5.73 Å². The van der Waals surface area contributed by atoms with Crippen molar-refractivity contribution < 1.29 is 22.1 Å². The lowest BCUT2D eigenvalue weighted by molar-refractivity contribution is -0.134. The molecule has 1 saturated heterocycles. The molecule has 1 aliphatic heterocycles. The predicted octanol–water partition coefficient (Wildman–Crippen LogP) is 2.18. The number of hydrogen-bond donors (Lipinski definition) is 1. The van der Waals surface area contributed by atoms with Crippen LogP contribution in [0.4, 0.5) is 4.39 Å². The first kappa shape index (κ1) is 21.7. The highest BCUT2D eigenvalue weighted by molar-refractivity contribution is 7.90. The second kappa shape index (κ2) is 8.37. The Kier molecular flexibility index (Phi) is 6.25. The number of piperidine rings is 1. The van der Waals surface area contributed by atoms with Gasteiger partial charge >= 0.3 is 0 Å². The van der Waals surface area contributed by atoms with Crippen LogP contribution in [0.2, 0.25) is 5.02 Å². The van der Waals surface area contributed by atoms with Crippen LogP contribution in [0.15, 0.2) is 27.6 Å². The lowest BCUT2D eigenvalue weighted by atomic mass is 10.00. The number of hydrogen-bond acceptors (Lipinski definition) is 7. The molecule has 1 aliphatic rings. The number of aromatic nitrogens is 2. The molecule has 1 aromatic carbocycles. The molecule has 2 atom stereocenters. The number of sulfone groups is 1. The normalized spacial score (nSPS) is 17.9. The molecule has 0 radical (unpaired) electrons. The summed E-state index contributed by atoms with van der Waals surface area (Å²) in [6.07, 6.45) is 0.810. The van der Waals surface area contributed by atoms with Crippen LogP contribution in [0.5, 0.6) is 0 Å². The van der Waals surface area contributed by atoms with Crippen LogP contribution in [-0.4, -0.2) is 60.9 Å². The number of nitrogens with zero attached hydrogens (tertiary/aromatic N) is 3. The van der Waals surface area contributed by atoms with Crippen molar-refractivity contribution >= 4 is 27.3 Å². The van der Waals surface area contributed by atoms with Crippen molar-refractivity contribution in [3.63, 3.8) is 0 Å². The Bertz CT molecular complexity index is 1010. The smallest absolute Gasteiger partial charge is 0.240 e. The van der Waals surface area contributed by atoms with Gasteiger partial charge in [0, 0.05) is 24.9 Å². The summed E-state index contributed by atoms with van der Waals surface area (Å²) >= 11 is 6.18. The zero-order valence-electron chi connectivity index (χ0n) is 16.0. The highest BCUT2D eigenvalue weighted by atomic mass is 35.5. The van der Waals surface area contributed by atoms with Crippen LogP contribution in [0.3, 0.4) is 0 Å². The topological polar surface area (TPSA) is 119 Å². The van der Waals surface area contributed by atoms with Crippen molar-refractivity contribution in [1.29, 1.82) is 0 Å². The van der Waals surface area contributed by atoms with E-state index >= 15 is 0 Å². The summed E-state index contributed by atoms with van der Waals surface area (Å²) in [4.78, 5) is 18.5. The fraction of sp³-hybridized carbons (Fsp3) is 0.500.